The Morgan fingerprint density at radius 2 is 1.57 bits per heavy atom. The van der Waals surface area contributed by atoms with Crippen molar-refractivity contribution >= 4 is 28.9 Å². The number of nitrogens with one attached hydrogen (secondary N) is 3. The summed E-state index contributed by atoms with van der Waals surface area (Å²) in [4.78, 5) is 33.4. The molecule has 3 aromatic rings. The summed E-state index contributed by atoms with van der Waals surface area (Å²) in [6.07, 6.45) is 13.0. The molecule has 2 heterocycles. The first-order chi connectivity index (χ1) is 18.1. The summed E-state index contributed by atoms with van der Waals surface area (Å²) in [5.41, 5.74) is 3.04. The van der Waals surface area contributed by atoms with Crippen LogP contribution in [0.5, 0.6) is 0 Å². The summed E-state index contributed by atoms with van der Waals surface area (Å²) in [5, 5.41) is 9.05. The van der Waals surface area contributed by atoms with E-state index in [1.54, 1.807) is 73.3 Å². The first kappa shape index (κ1) is 26.9. The molecule has 0 aliphatic heterocycles. The highest BCUT2D eigenvalue weighted by molar-refractivity contribution is 6.08. The molecular formula is C29H31N5O3. The van der Waals surface area contributed by atoms with Crippen molar-refractivity contribution in [2.45, 2.75) is 19.8 Å². The lowest BCUT2D eigenvalue weighted by Crippen LogP contribution is -2.17. The van der Waals surface area contributed by atoms with Gasteiger partial charge in [-0.15, -0.1) is 0 Å². The van der Waals surface area contributed by atoms with Gasteiger partial charge in [-0.25, -0.2) is 0 Å². The minimum Gasteiger partial charge on any atom is -0.493 e. The Morgan fingerprint density at radius 3 is 2.22 bits per heavy atom. The Bertz CT molecular complexity index is 1240. The van der Waals surface area contributed by atoms with Crippen molar-refractivity contribution in [1.82, 2.24) is 9.97 Å². The minimum atomic E-state index is -0.289. The third kappa shape index (κ3) is 8.47. The number of benzene rings is 1. The number of carbonyl (C=O) groups excluding carboxylic acids is 2. The molecule has 0 aliphatic rings. The van der Waals surface area contributed by atoms with Crippen LogP contribution in [0.1, 0.15) is 30.1 Å². The van der Waals surface area contributed by atoms with Gasteiger partial charge in [0, 0.05) is 48.4 Å². The number of pyridine rings is 2. The van der Waals surface area contributed by atoms with Crippen molar-refractivity contribution in [3.8, 4) is 0 Å². The third-order valence-electron chi connectivity index (χ3n) is 5.25. The second-order valence-corrected chi connectivity index (χ2v) is 7.88. The zero-order valence-corrected chi connectivity index (χ0v) is 20.8. The maximum atomic E-state index is 12.8. The van der Waals surface area contributed by atoms with Crippen LogP contribution in [0.2, 0.25) is 0 Å². The van der Waals surface area contributed by atoms with Gasteiger partial charge >= 0.3 is 0 Å². The maximum absolute atomic E-state index is 12.8. The Morgan fingerprint density at radius 1 is 0.919 bits per heavy atom. The summed E-state index contributed by atoms with van der Waals surface area (Å²) in [5.74, 6) is 0.00185. The van der Waals surface area contributed by atoms with Crippen molar-refractivity contribution < 1.29 is 14.3 Å². The molecule has 0 saturated carbocycles. The first-order valence-corrected chi connectivity index (χ1v) is 12.0. The van der Waals surface area contributed by atoms with E-state index in [4.69, 9.17) is 4.74 Å². The number of nitrogens with zero attached hydrogens (tertiary/aromatic N) is 2. The van der Waals surface area contributed by atoms with Gasteiger partial charge in [0.05, 0.1) is 17.7 Å². The van der Waals surface area contributed by atoms with E-state index in [0.29, 0.717) is 41.4 Å². The zero-order valence-electron chi connectivity index (χ0n) is 20.8. The number of unbranched alkanes of at least 4 members (excludes halogenated alkanes) is 1. The van der Waals surface area contributed by atoms with Crippen molar-refractivity contribution in [3.05, 3.63) is 115 Å². The van der Waals surface area contributed by atoms with E-state index in [2.05, 4.69) is 32.5 Å². The summed E-state index contributed by atoms with van der Waals surface area (Å²) < 4.78 is 5.92. The summed E-state index contributed by atoms with van der Waals surface area (Å²) in [7, 11) is 0. The van der Waals surface area contributed by atoms with Crippen LogP contribution in [0.25, 0.3) is 0 Å². The highest BCUT2D eigenvalue weighted by Crippen LogP contribution is 2.18. The molecule has 0 aliphatic carbocycles. The molecule has 190 valence electrons. The maximum Gasteiger partial charge on any atom is 0.259 e. The summed E-state index contributed by atoms with van der Waals surface area (Å²) >= 11 is 0. The molecule has 8 nitrogen and oxygen atoms in total. The predicted octanol–water partition coefficient (Wildman–Crippen LogP) is 5.59. The Balaban J connectivity index is 1.47. The van der Waals surface area contributed by atoms with E-state index in [9.17, 15) is 9.59 Å². The van der Waals surface area contributed by atoms with Crippen LogP contribution in [0.3, 0.4) is 0 Å². The van der Waals surface area contributed by atoms with Crippen molar-refractivity contribution in [3.63, 3.8) is 0 Å². The van der Waals surface area contributed by atoms with Crippen molar-refractivity contribution in [2.75, 3.05) is 29.1 Å². The Kier molecular flexibility index (Phi) is 10.6. The number of amides is 2. The van der Waals surface area contributed by atoms with Gasteiger partial charge in [-0.1, -0.05) is 24.8 Å². The molecule has 0 unspecified atom stereocenters. The van der Waals surface area contributed by atoms with Crippen LogP contribution >= 0.6 is 0 Å². The van der Waals surface area contributed by atoms with E-state index in [1.807, 2.05) is 25.1 Å². The molecule has 0 atom stereocenters. The van der Waals surface area contributed by atoms with Gasteiger partial charge in [-0.3, -0.25) is 19.6 Å². The second kappa shape index (κ2) is 14.6. The molecule has 3 N–H and O–H groups in total. The standard InChI is InChI=1S/C29H31N5O3/c1-3-9-25(29(36)34-23-14-19-31-20-15-23)27(4-2)37-21-8-7-16-32-26-11-6-5-10-24(26)28(35)33-22-12-17-30-18-13-22/h3-6,9-15,17-20,32H,1,7-8,16,21H2,2H3,(H,30,33,35)(H,31,34,36)/b25-9+,27-4+. The van der Waals surface area contributed by atoms with E-state index in [0.717, 1.165) is 18.5 Å². The molecule has 0 saturated heterocycles. The van der Waals surface area contributed by atoms with E-state index in [1.165, 1.54) is 0 Å². The largest absolute Gasteiger partial charge is 0.493 e. The van der Waals surface area contributed by atoms with Crippen LogP contribution < -0.4 is 16.0 Å². The lowest BCUT2D eigenvalue weighted by molar-refractivity contribution is -0.112. The number of anilines is 3. The third-order valence-corrected chi connectivity index (χ3v) is 5.25. The monoisotopic (exact) mass is 497 g/mol. The van der Waals surface area contributed by atoms with Crippen LogP contribution in [-0.4, -0.2) is 34.9 Å². The Hall–Kier alpha value is -4.72. The van der Waals surface area contributed by atoms with Gasteiger partial charge in [0.25, 0.3) is 11.8 Å². The SMILES string of the molecule is C=C/C=C(C(=O)Nc1ccncc1)\C(=C/C)OCCCCNc1ccccc1C(=O)Nc1ccncc1. The number of hydrogen-bond donors (Lipinski definition) is 3. The summed E-state index contributed by atoms with van der Waals surface area (Å²) in [6, 6.07) is 14.3. The highest BCUT2D eigenvalue weighted by Gasteiger charge is 2.15. The highest BCUT2D eigenvalue weighted by atomic mass is 16.5. The molecule has 0 spiro atoms. The van der Waals surface area contributed by atoms with Gasteiger partial charge in [0.1, 0.15) is 5.76 Å². The average molecular weight is 498 g/mol. The number of rotatable bonds is 13. The smallest absolute Gasteiger partial charge is 0.259 e. The van der Waals surface area contributed by atoms with Crippen molar-refractivity contribution in [1.29, 1.82) is 0 Å². The molecule has 0 fully saturated rings. The summed E-state index contributed by atoms with van der Waals surface area (Å²) in [6.45, 7) is 6.62. The number of para-hydroxylation sites is 1. The fourth-order valence-corrected chi connectivity index (χ4v) is 3.44. The molecule has 0 radical (unpaired) electrons. The minimum absolute atomic E-state index is 0.193. The molecule has 1 aromatic carbocycles. The normalized spacial score (nSPS) is 11.4. The van der Waals surface area contributed by atoms with Crippen LogP contribution in [0.15, 0.2) is 109 Å². The van der Waals surface area contributed by atoms with Gasteiger partial charge in [0.2, 0.25) is 0 Å². The van der Waals surface area contributed by atoms with E-state index >= 15 is 0 Å². The number of carbonyl (C=O) groups is 2. The quantitative estimate of drug-likeness (QED) is 0.123. The predicted molar refractivity (Wildman–Crippen MR) is 147 cm³/mol. The lowest BCUT2D eigenvalue weighted by Gasteiger charge is -2.15. The Labute approximate surface area is 217 Å². The first-order valence-electron chi connectivity index (χ1n) is 12.0. The second-order valence-electron chi connectivity index (χ2n) is 7.88. The molecule has 8 heteroatoms. The topological polar surface area (TPSA) is 105 Å². The molecule has 3 rings (SSSR count). The van der Waals surface area contributed by atoms with Gasteiger partial charge in [-0.2, -0.15) is 0 Å². The molecule has 37 heavy (non-hydrogen) atoms. The van der Waals surface area contributed by atoms with E-state index < -0.39 is 0 Å². The van der Waals surface area contributed by atoms with Crippen molar-refractivity contribution in [2.24, 2.45) is 0 Å². The average Bonchev–Trinajstić information content (AvgIpc) is 2.93. The fraction of sp³-hybridized carbons (Fsp3) is 0.172. The van der Waals surface area contributed by atoms with Crippen LogP contribution in [0.4, 0.5) is 17.1 Å². The molecule has 2 amide bonds. The molecule has 2 aromatic heterocycles. The number of allylic oxidation sites excluding steroid dienone is 3. The van der Waals surface area contributed by atoms with Crippen LogP contribution in [-0.2, 0) is 9.53 Å². The number of ether oxygens (including phenoxy) is 1. The fourth-order valence-electron chi connectivity index (χ4n) is 3.44. The van der Waals surface area contributed by atoms with Crippen LogP contribution in [0, 0.1) is 0 Å². The molecular weight excluding hydrogens is 466 g/mol. The van der Waals surface area contributed by atoms with Gasteiger partial charge in [0.15, 0.2) is 0 Å². The number of aromatic nitrogens is 2. The number of hydrogen-bond acceptors (Lipinski definition) is 6. The van der Waals surface area contributed by atoms with Gasteiger partial charge in [-0.05, 0) is 68.3 Å². The zero-order chi connectivity index (χ0) is 26.3. The molecule has 0 bridgehead atoms. The lowest BCUT2D eigenvalue weighted by atomic mass is 10.1. The van der Waals surface area contributed by atoms with E-state index in [-0.39, 0.29) is 11.8 Å². The van der Waals surface area contributed by atoms with Gasteiger partial charge < -0.3 is 20.7 Å².